The quantitative estimate of drug-likeness (QED) is 0.759. The van der Waals surface area contributed by atoms with Crippen molar-refractivity contribution < 1.29 is 14.3 Å². The molecule has 0 N–H and O–H groups in total. The average Bonchev–Trinajstić information content (AvgIpc) is 2.90. The molecule has 118 valence electrons. The van der Waals surface area contributed by atoms with Crippen LogP contribution in [0, 0.1) is 6.92 Å². The topological polar surface area (TPSA) is 38.8 Å². The Morgan fingerprint density at radius 1 is 1.27 bits per heavy atom. The Labute approximate surface area is 142 Å². The van der Waals surface area contributed by atoms with E-state index in [1.54, 1.807) is 30.4 Å². The van der Waals surface area contributed by atoms with E-state index in [2.05, 4.69) is 15.9 Å². The number of ether oxygens (including phenoxy) is 2. The number of carbonyl (C=O) groups is 1. The molecule has 0 saturated carbocycles. The number of nitrogens with zero attached hydrogens (tertiary/aromatic N) is 1. The Morgan fingerprint density at radius 2 is 2.05 bits per heavy atom. The highest BCUT2D eigenvalue weighted by atomic mass is 79.9. The Balaban J connectivity index is 1.92. The van der Waals surface area contributed by atoms with E-state index in [0.29, 0.717) is 18.0 Å². The first-order chi connectivity index (χ1) is 10.5. The number of likely N-dealkylation sites (N-methyl/N-ethyl adjacent to an activating group) is 1. The van der Waals surface area contributed by atoms with Crippen LogP contribution in [-0.4, -0.2) is 31.6 Å². The number of thiophene rings is 1. The number of halogens is 1. The van der Waals surface area contributed by atoms with E-state index in [1.165, 1.54) is 0 Å². The minimum atomic E-state index is -0.0767. The molecule has 0 unspecified atom stereocenters. The highest BCUT2D eigenvalue weighted by Crippen LogP contribution is 2.28. The molecule has 0 aliphatic carbocycles. The number of methoxy groups -OCH3 is 1. The van der Waals surface area contributed by atoms with Gasteiger partial charge in [-0.3, -0.25) is 4.79 Å². The lowest BCUT2D eigenvalue weighted by Gasteiger charge is -2.17. The third-order valence-electron chi connectivity index (χ3n) is 3.12. The summed E-state index contributed by atoms with van der Waals surface area (Å²) in [4.78, 5) is 14.9. The first-order valence-corrected chi connectivity index (χ1v) is 8.36. The number of aryl methyl sites for hydroxylation is 1. The molecule has 0 atom stereocenters. The second kappa shape index (κ2) is 7.65. The molecule has 1 aromatic carbocycles. The molecule has 2 rings (SSSR count). The standard InChI is InChI=1S/C16H18BrNO3S/c1-11-4-6-13(14(8-11)20-3)21-10-16(19)18(2)9-12-5-7-15(17)22-12/h4-8H,9-10H2,1-3H3. The Morgan fingerprint density at radius 3 is 2.68 bits per heavy atom. The number of benzene rings is 1. The second-order valence-corrected chi connectivity index (χ2v) is 7.45. The Kier molecular flexibility index (Phi) is 5.85. The molecular formula is C16H18BrNO3S. The molecule has 0 spiro atoms. The van der Waals surface area contributed by atoms with E-state index >= 15 is 0 Å². The van der Waals surface area contributed by atoms with Gasteiger partial charge in [-0.2, -0.15) is 0 Å². The lowest BCUT2D eigenvalue weighted by molar-refractivity contribution is -0.132. The molecule has 2 aromatic rings. The number of carbonyl (C=O) groups excluding carboxylic acids is 1. The van der Waals surface area contributed by atoms with Gasteiger partial charge in [0.15, 0.2) is 18.1 Å². The molecule has 1 heterocycles. The van der Waals surface area contributed by atoms with Gasteiger partial charge in [0.2, 0.25) is 0 Å². The van der Waals surface area contributed by atoms with Gasteiger partial charge in [-0.1, -0.05) is 6.07 Å². The molecular weight excluding hydrogens is 366 g/mol. The van der Waals surface area contributed by atoms with E-state index in [0.717, 1.165) is 14.2 Å². The van der Waals surface area contributed by atoms with E-state index in [-0.39, 0.29) is 12.5 Å². The predicted molar refractivity (Wildman–Crippen MR) is 91.7 cm³/mol. The molecule has 0 aliphatic heterocycles. The van der Waals surface area contributed by atoms with Crippen molar-refractivity contribution in [3.8, 4) is 11.5 Å². The lowest BCUT2D eigenvalue weighted by atomic mass is 10.2. The van der Waals surface area contributed by atoms with Crippen LogP contribution in [0.1, 0.15) is 10.4 Å². The summed E-state index contributed by atoms with van der Waals surface area (Å²) in [7, 11) is 3.36. The van der Waals surface area contributed by atoms with Crippen LogP contribution in [0.25, 0.3) is 0 Å². The fourth-order valence-corrected chi connectivity index (χ4v) is 3.44. The van der Waals surface area contributed by atoms with Crippen molar-refractivity contribution in [1.82, 2.24) is 4.90 Å². The highest BCUT2D eigenvalue weighted by Gasteiger charge is 2.13. The van der Waals surface area contributed by atoms with Crippen molar-refractivity contribution >= 4 is 33.2 Å². The first kappa shape index (κ1) is 16.8. The maximum Gasteiger partial charge on any atom is 0.260 e. The zero-order chi connectivity index (χ0) is 16.1. The normalized spacial score (nSPS) is 10.4. The summed E-state index contributed by atoms with van der Waals surface area (Å²) in [5.74, 6) is 1.14. The number of rotatable bonds is 6. The number of amides is 1. The van der Waals surface area contributed by atoms with Gasteiger partial charge in [0.05, 0.1) is 17.4 Å². The molecule has 6 heteroatoms. The molecule has 4 nitrogen and oxygen atoms in total. The average molecular weight is 384 g/mol. The van der Waals surface area contributed by atoms with Crippen molar-refractivity contribution in [3.05, 3.63) is 44.6 Å². The van der Waals surface area contributed by atoms with Crippen molar-refractivity contribution in [1.29, 1.82) is 0 Å². The van der Waals surface area contributed by atoms with Crippen LogP contribution in [0.4, 0.5) is 0 Å². The zero-order valence-electron chi connectivity index (χ0n) is 12.8. The summed E-state index contributed by atoms with van der Waals surface area (Å²) in [6.45, 7) is 2.54. The van der Waals surface area contributed by atoms with Crippen LogP contribution < -0.4 is 9.47 Å². The summed E-state index contributed by atoms with van der Waals surface area (Å²) in [6.07, 6.45) is 0. The lowest BCUT2D eigenvalue weighted by Crippen LogP contribution is -2.30. The molecule has 1 amide bonds. The van der Waals surface area contributed by atoms with Gasteiger partial charge in [0, 0.05) is 11.9 Å². The van der Waals surface area contributed by atoms with E-state index in [9.17, 15) is 4.79 Å². The minimum absolute atomic E-state index is 0.0114. The van der Waals surface area contributed by atoms with E-state index < -0.39 is 0 Å². The van der Waals surface area contributed by atoms with Gasteiger partial charge in [0.25, 0.3) is 5.91 Å². The van der Waals surface area contributed by atoms with Crippen molar-refractivity contribution in [2.45, 2.75) is 13.5 Å². The van der Waals surface area contributed by atoms with Crippen molar-refractivity contribution in [2.24, 2.45) is 0 Å². The number of hydrogen-bond acceptors (Lipinski definition) is 4. The fourth-order valence-electron chi connectivity index (χ4n) is 1.90. The maximum atomic E-state index is 12.1. The molecule has 0 radical (unpaired) electrons. The number of hydrogen-bond donors (Lipinski definition) is 0. The minimum Gasteiger partial charge on any atom is -0.493 e. The third kappa shape index (κ3) is 4.48. The van der Waals surface area contributed by atoms with Gasteiger partial charge in [-0.25, -0.2) is 0 Å². The summed E-state index contributed by atoms with van der Waals surface area (Å²) in [6, 6.07) is 9.61. The summed E-state index contributed by atoms with van der Waals surface area (Å²) < 4.78 is 11.9. The predicted octanol–water partition coefficient (Wildman–Crippen LogP) is 3.87. The smallest absolute Gasteiger partial charge is 0.260 e. The first-order valence-electron chi connectivity index (χ1n) is 6.75. The fraction of sp³-hybridized carbons (Fsp3) is 0.312. The highest BCUT2D eigenvalue weighted by molar-refractivity contribution is 9.11. The second-order valence-electron chi connectivity index (χ2n) is 4.90. The molecule has 1 aromatic heterocycles. The van der Waals surface area contributed by atoms with Gasteiger partial charge >= 0.3 is 0 Å². The van der Waals surface area contributed by atoms with Crippen LogP contribution in [0.5, 0.6) is 11.5 Å². The van der Waals surface area contributed by atoms with Gasteiger partial charge in [-0.15, -0.1) is 11.3 Å². The molecule has 22 heavy (non-hydrogen) atoms. The van der Waals surface area contributed by atoms with Crippen LogP contribution in [0.15, 0.2) is 34.1 Å². The SMILES string of the molecule is COc1cc(C)ccc1OCC(=O)N(C)Cc1ccc(Br)s1. The largest absolute Gasteiger partial charge is 0.493 e. The van der Waals surface area contributed by atoms with Gasteiger partial charge < -0.3 is 14.4 Å². The van der Waals surface area contributed by atoms with Crippen molar-refractivity contribution in [2.75, 3.05) is 20.8 Å². The molecule has 0 saturated heterocycles. The Bertz CT molecular complexity index is 657. The zero-order valence-corrected chi connectivity index (χ0v) is 15.2. The third-order valence-corrected chi connectivity index (χ3v) is 4.73. The summed E-state index contributed by atoms with van der Waals surface area (Å²) in [5, 5.41) is 0. The van der Waals surface area contributed by atoms with Gasteiger partial charge in [0.1, 0.15) is 0 Å². The van der Waals surface area contributed by atoms with Crippen LogP contribution in [0.3, 0.4) is 0 Å². The summed E-state index contributed by atoms with van der Waals surface area (Å²) >= 11 is 5.04. The van der Waals surface area contributed by atoms with E-state index in [1.807, 2.05) is 37.3 Å². The molecule has 0 bridgehead atoms. The molecule has 0 aliphatic rings. The maximum absolute atomic E-state index is 12.1. The van der Waals surface area contributed by atoms with Gasteiger partial charge in [-0.05, 0) is 52.7 Å². The monoisotopic (exact) mass is 383 g/mol. The van der Waals surface area contributed by atoms with Crippen LogP contribution in [0.2, 0.25) is 0 Å². The molecule has 0 fully saturated rings. The van der Waals surface area contributed by atoms with Crippen LogP contribution in [-0.2, 0) is 11.3 Å². The summed E-state index contributed by atoms with van der Waals surface area (Å²) in [5.41, 5.74) is 1.08. The van der Waals surface area contributed by atoms with Crippen LogP contribution >= 0.6 is 27.3 Å². The Hall–Kier alpha value is -1.53. The van der Waals surface area contributed by atoms with Crippen molar-refractivity contribution in [3.63, 3.8) is 0 Å². The van der Waals surface area contributed by atoms with E-state index in [4.69, 9.17) is 9.47 Å².